The second kappa shape index (κ2) is 3.25. The van der Waals surface area contributed by atoms with E-state index < -0.39 is 0 Å². The van der Waals surface area contributed by atoms with Gasteiger partial charge in [-0.2, -0.15) is 0 Å². The molecule has 72 valence electrons. The van der Waals surface area contributed by atoms with E-state index in [0.717, 1.165) is 0 Å². The molecule has 0 aromatic heterocycles. The summed E-state index contributed by atoms with van der Waals surface area (Å²) < 4.78 is 0. The molecule has 0 saturated carbocycles. The molecule has 3 nitrogen and oxygen atoms in total. The Morgan fingerprint density at radius 1 is 1.21 bits per heavy atom. The van der Waals surface area contributed by atoms with Crippen molar-refractivity contribution in [2.45, 2.75) is 6.92 Å². The minimum atomic E-state index is -0.154. The molecular formula is C11H11NO2. The van der Waals surface area contributed by atoms with Crippen LogP contribution in [0.2, 0.25) is 0 Å². The molecule has 14 heavy (non-hydrogen) atoms. The quantitative estimate of drug-likeness (QED) is 0.667. The summed E-state index contributed by atoms with van der Waals surface area (Å²) in [6, 6.07) is 6.93. The largest absolute Gasteiger partial charge is 0.351 e. The smallest absolute Gasteiger partial charge is 0.252 e. The van der Waals surface area contributed by atoms with E-state index in [1.807, 2.05) is 6.92 Å². The lowest BCUT2D eigenvalue weighted by Crippen LogP contribution is -2.26. The number of carbonyl (C=O) groups is 2. The van der Waals surface area contributed by atoms with Crippen molar-refractivity contribution in [1.82, 2.24) is 5.32 Å². The van der Waals surface area contributed by atoms with Crippen LogP contribution >= 0.6 is 0 Å². The zero-order chi connectivity index (χ0) is 10.1. The monoisotopic (exact) mass is 189 g/mol. The van der Waals surface area contributed by atoms with Gasteiger partial charge in [-0.25, -0.2) is 0 Å². The minimum absolute atomic E-state index is 0.0407. The summed E-state index contributed by atoms with van der Waals surface area (Å²) in [7, 11) is 0. The Labute approximate surface area is 82.1 Å². The normalized spacial score (nSPS) is 21.1. The highest BCUT2D eigenvalue weighted by Gasteiger charge is 2.25. The Kier molecular flexibility index (Phi) is 2.08. The Balaban J connectivity index is 2.57. The van der Waals surface area contributed by atoms with E-state index in [4.69, 9.17) is 0 Å². The predicted octanol–water partition coefficient (Wildman–Crippen LogP) is 1.25. The maximum absolute atomic E-state index is 11.8. The molecule has 1 N–H and O–H groups in total. The number of fused-ring (bicyclic) bond motifs is 1. The van der Waals surface area contributed by atoms with Crippen molar-refractivity contribution in [1.29, 1.82) is 0 Å². The third-order valence-electron chi connectivity index (χ3n) is 2.45. The van der Waals surface area contributed by atoms with Crippen molar-refractivity contribution in [2.75, 3.05) is 6.54 Å². The van der Waals surface area contributed by atoms with E-state index >= 15 is 0 Å². The van der Waals surface area contributed by atoms with E-state index in [1.165, 1.54) is 0 Å². The highest BCUT2D eigenvalue weighted by Crippen LogP contribution is 2.16. The molecule has 0 radical (unpaired) electrons. The first kappa shape index (κ1) is 8.94. The van der Waals surface area contributed by atoms with E-state index in [1.54, 1.807) is 24.3 Å². The van der Waals surface area contributed by atoms with Crippen molar-refractivity contribution < 1.29 is 9.59 Å². The number of Topliss-reactive ketones (excluding diaryl/α,β-unsaturated/α-hetero) is 1. The topological polar surface area (TPSA) is 46.2 Å². The van der Waals surface area contributed by atoms with Crippen LogP contribution in [0.25, 0.3) is 0 Å². The van der Waals surface area contributed by atoms with Crippen molar-refractivity contribution in [2.24, 2.45) is 5.92 Å². The zero-order valence-electron chi connectivity index (χ0n) is 7.91. The highest BCUT2D eigenvalue weighted by atomic mass is 16.2. The van der Waals surface area contributed by atoms with Crippen LogP contribution in [0.15, 0.2) is 24.3 Å². The number of hydrogen-bond acceptors (Lipinski definition) is 2. The van der Waals surface area contributed by atoms with Crippen molar-refractivity contribution in [3.05, 3.63) is 35.4 Å². The van der Waals surface area contributed by atoms with Crippen LogP contribution in [-0.2, 0) is 0 Å². The van der Waals surface area contributed by atoms with Crippen molar-refractivity contribution in [3.63, 3.8) is 0 Å². The number of carbonyl (C=O) groups excluding carboxylic acids is 2. The molecule has 3 heteroatoms. The number of benzene rings is 1. The van der Waals surface area contributed by atoms with Crippen LogP contribution in [0, 0.1) is 5.92 Å². The first-order valence-electron chi connectivity index (χ1n) is 4.61. The van der Waals surface area contributed by atoms with Crippen LogP contribution in [0.4, 0.5) is 0 Å². The lowest BCUT2D eigenvalue weighted by Gasteiger charge is -2.05. The Morgan fingerprint density at radius 2 is 1.86 bits per heavy atom. The molecule has 1 aliphatic rings. The fourth-order valence-electron chi connectivity index (χ4n) is 1.60. The molecule has 1 heterocycles. The van der Waals surface area contributed by atoms with E-state index in [-0.39, 0.29) is 17.6 Å². The van der Waals surface area contributed by atoms with Crippen LogP contribution < -0.4 is 5.32 Å². The molecule has 0 aliphatic carbocycles. The highest BCUT2D eigenvalue weighted by molar-refractivity contribution is 6.10. The van der Waals surface area contributed by atoms with Gasteiger partial charge < -0.3 is 5.32 Å². The summed E-state index contributed by atoms with van der Waals surface area (Å²) in [5.41, 5.74) is 1.02. The summed E-state index contributed by atoms with van der Waals surface area (Å²) in [6.07, 6.45) is 0. The molecule has 1 atom stereocenters. The molecule has 0 spiro atoms. The molecule has 0 bridgehead atoms. The van der Waals surface area contributed by atoms with Gasteiger partial charge in [0.1, 0.15) is 0 Å². The molecule has 1 amide bonds. The maximum atomic E-state index is 11.8. The van der Waals surface area contributed by atoms with Gasteiger partial charge >= 0.3 is 0 Å². The molecule has 0 fully saturated rings. The van der Waals surface area contributed by atoms with Gasteiger partial charge in [0.05, 0.1) is 5.56 Å². The third kappa shape index (κ3) is 1.31. The van der Waals surface area contributed by atoms with Crippen LogP contribution in [0.3, 0.4) is 0 Å². The molecule has 1 unspecified atom stereocenters. The predicted molar refractivity (Wildman–Crippen MR) is 52.3 cm³/mol. The molecule has 1 aromatic carbocycles. The molecule has 0 saturated heterocycles. The summed E-state index contributed by atoms with van der Waals surface area (Å²) in [4.78, 5) is 23.3. The van der Waals surface area contributed by atoms with Crippen LogP contribution in [-0.4, -0.2) is 18.2 Å². The van der Waals surface area contributed by atoms with Crippen molar-refractivity contribution >= 4 is 11.7 Å². The van der Waals surface area contributed by atoms with Gasteiger partial charge in [0, 0.05) is 18.0 Å². The average Bonchev–Trinajstić information content (AvgIpc) is 2.33. The number of amides is 1. The van der Waals surface area contributed by atoms with Gasteiger partial charge in [0.15, 0.2) is 5.78 Å². The fraction of sp³-hybridized carbons (Fsp3) is 0.273. The lowest BCUT2D eigenvalue weighted by molar-refractivity contribution is 0.0928. The molecule has 2 rings (SSSR count). The first-order valence-corrected chi connectivity index (χ1v) is 4.61. The van der Waals surface area contributed by atoms with E-state index in [2.05, 4.69) is 5.32 Å². The third-order valence-corrected chi connectivity index (χ3v) is 2.45. The van der Waals surface area contributed by atoms with Gasteiger partial charge in [-0.15, -0.1) is 0 Å². The van der Waals surface area contributed by atoms with Crippen LogP contribution in [0.1, 0.15) is 27.6 Å². The standard InChI is InChI=1S/C11H11NO2/c1-7-6-12-11(14)9-5-3-2-4-8(9)10(7)13/h2-5,7H,6H2,1H3,(H,12,14). The Morgan fingerprint density at radius 3 is 2.57 bits per heavy atom. The van der Waals surface area contributed by atoms with Gasteiger partial charge in [0.2, 0.25) is 0 Å². The lowest BCUT2D eigenvalue weighted by atomic mass is 9.97. The average molecular weight is 189 g/mol. The summed E-state index contributed by atoms with van der Waals surface area (Å²) in [5, 5.41) is 2.72. The van der Waals surface area contributed by atoms with E-state index in [9.17, 15) is 9.59 Å². The molecule has 1 aliphatic heterocycles. The summed E-state index contributed by atoms with van der Waals surface area (Å²) in [5.74, 6) is -0.250. The van der Waals surface area contributed by atoms with Gasteiger partial charge in [0.25, 0.3) is 5.91 Å². The maximum Gasteiger partial charge on any atom is 0.252 e. The first-order chi connectivity index (χ1) is 6.70. The second-order valence-electron chi connectivity index (χ2n) is 3.52. The molecular weight excluding hydrogens is 178 g/mol. The van der Waals surface area contributed by atoms with Gasteiger partial charge in [-0.1, -0.05) is 25.1 Å². The zero-order valence-corrected chi connectivity index (χ0v) is 7.91. The Hall–Kier alpha value is -1.64. The number of ketones is 1. The number of nitrogens with one attached hydrogen (secondary N) is 1. The van der Waals surface area contributed by atoms with Gasteiger partial charge in [-0.05, 0) is 6.07 Å². The Bertz CT molecular complexity index is 398. The summed E-state index contributed by atoms with van der Waals surface area (Å²) >= 11 is 0. The minimum Gasteiger partial charge on any atom is -0.351 e. The van der Waals surface area contributed by atoms with Crippen LogP contribution in [0.5, 0.6) is 0 Å². The summed E-state index contributed by atoms with van der Waals surface area (Å²) in [6.45, 7) is 2.25. The van der Waals surface area contributed by atoms with E-state index in [0.29, 0.717) is 17.7 Å². The number of hydrogen-bond donors (Lipinski definition) is 1. The second-order valence-corrected chi connectivity index (χ2v) is 3.52. The molecule has 1 aromatic rings. The van der Waals surface area contributed by atoms with Crippen molar-refractivity contribution in [3.8, 4) is 0 Å². The van der Waals surface area contributed by atoms with Gasteiger partial charge in [-0.3, -0.25) is 9.59 Å². The number of rotatable bonds is 0. The fourth-order valence-corrected chi connectivity index (χ4v) is 1.60. The SMILES string of the molecule is CC1CNC(=O)c2ccccc2C1=O.